The minimum Gasteiger partial charge on any atom is -0.383 e. The van der Waals surface area contributed by atoms with Crippen molar-refractivity contribution in [3.05, 3.63) is 10.0 Å². The third-order valence-corrected chi connectivity index (χ3v) is 2.81. The van der Waals surface area contributed by atoms with Gasteiger partial charge in [0.25, 0.3) is 0 Å². The summed E-state index contributed by atoms with van der Waals surface area (Å²) in [6, 6.07) is 0.407. The van der Waals surface area contributed by atoms with Gasteiger partial charge >= 0.3 is 0 Å². The number of nitrogens with one attached hydrogen (secondary N) is 1. The van der Waals surface area contributed by atoms with Crippen molar-refractivity contribution < 1.29 is 4.74 Å². The lowest BCUT2D eigenvalue weighted by Gasteiger charge is -2.14. The third-order valence-electron chi connectivity index (χ3n) is 1.97. The zero-order valence-electron chi connectivity index (χ0n) is 8.91. The molecule has 1 unspecified atom stereocenters. The van der Waals surface area contributed by atoms with E-state index >= 15 is 0 Å². The van der Waals surface area contributed by atoms with E-state index in [4.69, 9.17) is 4.74 Å². The fraction of sp³-hybridized carbons (Fsp3) is 0.778. The van der Waals surface area contributed by atoms with Crippen molar-refractivity contribution in [3.63, 3.8) is 0 Å². The summed E-state index contributed by atoms with van der Waals surface area (Å²) in [6.45, 7) is 5.64. The molecule has 1 atom stereocenters. The van der Waals surface area contributed by atoms with Crippen LogP contribution in [0.4, 0.5) is 0 Å². The van der Waals surface area contributed by atoms with E-state index in [0.717, 1.165) is 29.6 Å². The van der Waals surface area contributed by atoms with Gasteiger partial charge in [-0.3, -0.25) is 0 Å². The van der Waals surface area contributed by atoms with Crippen LogP contribution >= 0.6 is 11.3 Å². The Kier molecular flexibility index (Phi) is 5.00. The van der Waals surface area contributed by atoms with Crippen LogP contribution in [0.1, 0.15) is 23.4 Å². The van der Waals surface area contributed by atoms with Crippen LogP contribution in [-0.2, 0) is 11.3 Å². The summed E-state index contributed by atoms with van der Waals surface area (Å²) in [5, 5.41) is 13.4. The van der Waals surface area contributed by atoms with Gasteiger partial charge in [0.05, 0.1) is 13.2 Å². The number of hydrogen-bond acceptors (Lipinski definition) is 5. The Balaban J connectivity index is 2.31. The Hall–Kier alpha value is -0.520. The molecule has 0 aliphatic heterocycles. The number of aryl methyl sites for hydroxylation is 1. The second-order valence-corrected chi connectivity index (χ2v) is 4.42. The highest BCUT2D eigenvalue weighted by Crippen LogP contribution is 2.07. The molecule has 1 N–H and O–H groups in total. The molecule has 80 valence electrons. The van der Waals surface area contributed by atoms with E-state index in [-0.39, 0.29) is 0 Å². The second-order valence-electron chi connectivity index (χ2n) is 3.16. The predicted octanol–water partition coefficient (Wildman–Crippen LogP) is 1.36. The average molecular weight is 215 g/mol. The van der Waals surface area contributed by atoms with Gasteiger partial charge in [-0.15, -0.1) is 21.5 Å². The summed E-state index contributed by atoms with van der Waals surface area (Å²) in [5.41, 5.74) is 0. The lowest BCUT2D eigenvalue weighted by Crippen LogP contribution is -2.31. The van der Waals surface area contributed by atoms with Gasteiger partial charge in [-0.05, 0) is 13.3 Å². The Morgan fingerprint density at radius 2 is 2.29 bits per heavy atom. The summed E-state index contributed by atoms with van der Waals surface area (Å²) < 4.78 is 5.09. The van der Waals surface area contributed by atoms with Crippen LogP contribution < -0.4 is 5.32 Å². The molecule has 0 aliphatic carbocycles. The second kappa shape index (κ2) is 6.06. The van der Waals surface area contributed by atoms with Gasteiger partial charge in [0.2, 0.25) is 0 Å². The van der Waals surface area contributed by atoms with Gasteiger partial charge in [0, 0.05) is 13.2 Å². The highest BCUT2D eigenvalue weighted by molar-refractivity contribution is 7.11. The van der Waals surface area contributed by atoms with E-state index in [1.54, 1.807) is 18.4 Å². The SMILES string of the molecule is CCC(COC)NCc1nnc(C)s1. The molecule has 0 aliphatic rings. The van der Waals surface area contributed by atoms with E-state index in [0.29, 0.717) is 6.04 Å². The standard InChI is InChI=1S/C9H17N3OS/c1-4-8(6-13-3)10-5-9-12-11-7(2)14-9/h8,10H,4-6H2,1-3H3. The number of hydrogen-bond donors (Lipinski definition) is 1. The average Bonchev–Trinajstić information content (AvgIpc) is 2.59. The lowest BCUT2D eigenvalue weighted by molar-refractivity contribution is 0.164. The summed E-state index contributed by atoms with van der Waals surface area (Å²) in [4.78, 5) is 0. The summed E-state index contributed by atoms with van der Waals surface area (Å²) >= 11 is 1.63. The van der Waals surface area contributed by atoms with E-state index in [2.05, 4.69) is 22.4 Å². The number of aromatic nitrogens is 2. The molecule has 0 amide bonds. The molecule has 1 aromatic heterocycles. The smallest absolute Gasteiger partial charge is 0.131 e. The molecular formula is C9H17N3OS. The fourth-order valence-electron chi connectivity index (χ4n) is 1.16. The van der Waals surface area contributed by atoms with Gasteiger partial charge in [-0.2, -0.15) is 0 Å². The number of methoxy groups -OCH3 is 1. The summed E-state index contributed by atoms with van der Waals surface area (Å²) in [7, 11) is 1.72. The highest BCUT2D eigenvalue weighted by Gasteiger charge is 2.06. The van der Waals surface area contributed by atoms with Crippen molar-refractivity contribution in [2.45, 2.75) is 32.9 Å². The van der Waals surface area contributed by atoms with Crippen LogP contribution in [0.5, 0.6) is 0 Å². The minimum atomic E-state index is 0.407. The van der Waals surface area contributed by atoms with E-state index in [9.17, 15) is 0 Å². The van der Waals surface area contributed by atoms with E-state index in [1.165, 1.54) is 0 Å². The third kappa shape index (κ3) is 3.69. The molecule has 0 bridgehead atoms. The van der Waals surface area contributed by atoms with Crippen LogP contribution in [0.15, 0.2) is 0 Å². The van der Waals surface area contributed by atoms with Gasteiger partial charge in [-0.25, -0.2) is 0 Å². The van der Waals surface area contributed by atoms with E-state index in [1.807, 2.05) is 6.92 Å². The summed E-state index contributed by atoms with van der Waals surface area (Å²) in [5.74, 6) is 0. The van der Waals surface area contributed by atoms with Crippen molar-refractivity contribution >= 4 is 11.3 Å². The van der Waals surface area contributed by atoms with Crippen molar-refractivity contribution in [1.29, 1.82) is 0 Å². The molecule has 0 spiro atoms. The van der Waals surface area contributed by atoms with Crippen LogP contribution in [-0.4, -0.2) is 30.0 Å². The Bertz CT molecular complexity index is 264. The molecule has 0 saturated carbocycles. The Morgan fingerprint density at radius 1 is 1.50 bits per heavy atom. The van der Waals surface area contributed by atoms with Crippen LogP contribution in [0.25, 0.3) is 0 Å². The quantitative estimate of drug-likeness (QED) is 0.778. The molecule has 0 saturated heterocycles. The molecular weight excluding hydrogens is 198 g/mol. The lowest BCUT2D eigenvalue weighted by atomic mass is 10.2. The maximum absolute atomic E-state index is 5.09. The monoisotopic (exact) mass is 215 g/mol. The molecule has 5 heteroatoms. The first-order valence-electron chi connectivity index (χ1n) is 4.77. The highest BCUT2D eigenvalue weighted by atomic mass is 32.1. The van der Waals surface area contributed by atoms with Crippen molar-refractivity contribution in [2.75, 3.05) is 13.7 Å². The van der Waals surface area contributed by atoms with Crippen LogP contribution in [0, 0.1) is 6.92 Å². The molecule has 1 rings (SSSR count). The van der Waals surface area contributed by atoms with Crippen LogP contribution in [0.2, 0.25) is 0 Å². The number of rotatable bonds is 6. The fourth-order valence-corrected chi connectivity index (χ4v) is 1.82. The molecule has 14 heavy (non-hydrogen) atoms. The van der Waals surface area contributed by atoms with Crippen molar-refractivity contribution in [2.24, 2.45) is 0 Å². The van der Waals surface area contributed by atoms with Gasteiger partial charge in [0.1, 0.15) is 10.0 Å². The summed E-state index contributed by atoms with van der Waals surface area (Å²) in [6.07, 6.45) is 1.06. The Labute approximate surface area is 88.7 Å². The van der Waals surface area contributed by atoms with Crippen molar-refractivity contribution in [3.8, 4) is 0 Å². The van der Waals surface area contributed by atoms with Crippen molar-refractivity contribution in [1.82, 2.24) is 15.5 Å². The molecule has 4 nitrogen and oxygen atoms in total. The van der Waals surface area contributed by atoms with Crippen LogP contribution in [0.3, 0.4) is 0 Å². The van der Waals surface area contributed by atoms with E-state index < -0.39 is 0 Å². The molecule has 0 fully saturated rings. The number of ether oxygens (including phenoxy) is 1. The first-order valence-corrected chi connectivity index (χ1v) is 5.59. The number of nitrogens with zero attached hydrogens (tertiary/aromatic N) is 2. The minimum absolute atomic E-state index is 0.407. The zero-order chi connectivity index (χ0) is 10.4. The maximum Gasteiger partial charge on any atom is 0.131 e. The van der Waals surface area contributed by atoms with Gasteiger partial charge < -0.3 is 10.1 Å². The zero-order valence-corrected chi connectivity index (χ0v) is 9.73. The van der Waals surface area contributed by atoms with Gasteiger partial charge in [0.15, 0.2) is 0 Å². The molecule has 1 heterocycles. The molecule has 0 aromatic carbocycles. The first kappa shape index (κ1) is 11.6. The largest absolute Gasteiger partial charge is 0.383 e. The topological polar surface area (TPSA) is 47.0 Å². The Morgan fingerprint density at radius 3 is 2.79 bits per heavy atom. The molecule has 0 radical (unpaired) electrons. The first-order chi connectivity index (χ1) is 6.76. The predicted molar refractivity (Wildman–Crippen MR) is 57.4 cm³/mol. The maximum atomic E-state index is 5.09. The van der Waals surface area contributed by atoms with Gasteiger partial charge in [-0.1, -0.05) is 6.92 Å². The molecule has 1 aromatic rings. The normalized spacial score (nSPS) is 13.1.